The van der Waals surface area contributed by atoms with Gasteiger partial charge in [-0.2, -0.15) is 13.9 Å². The number of halogens is 2. The van der Waals surface area contributed by atoms with E-state index in [0.717, 1.165) is 0 Å². The van der Waals surface area contributed by atoms with Crippen molar-refractivity contribution in [1.82, 2.24) is 25.4 Å². The third-order valence-electron chi connectivity index (χ3n) is 2.15. The molecule has 1 aromatic heterocycles. The van der Waals surface area contributed by atoms with Crippen LogP contribution in [0.4, 0.5) is 8.78 Å². The van der Waals surface area contributed by atoms with Gasteiger partial charge in [0.2, 0.25) is 11.7 Å². The van der Waals surface area contributed by atoms with Gasteiger partial charge in [-0.05, 0) is 21.0 Å². The summed E-state index contributed by atoms with van der Waals surface area (Å²) in [5.74, 6) is -4.20. The summed E-state index contributed by atoms with van der Waals surface area (Å²) in [6.07, 6.45) is 2.81. The molecule has 6 nitrogen and oxygen atoms in total. The number of H-pyrrole nitrogens is 1. The van der Waals surface area contributed by atoms with Crippen molar-refractivity contribution in [3.8, 4) is 0 Å². The van der Waals surface area contributed by atoms with Crippen LogP contribution in [-0.4, -0.2) is 53.2 Å². The summed E-state index contributed by atoms with van der Waals surface area (Å²) in [5, 5.41) is 7.84. The molecule has 0 aliphatic carbocycles. The van der Waals surface area contributed by atoms with Crippen molar-refractivity contribution in [3.63, 3.8) is 0 Å². The summed E-state index contributed by atoms with van der Waals surface area (Å²) in [4.78, 5) is 16.7. The normalized spacial score (nSPS) is 12.3. The van der Waals surface area contributed by atoms with Gasteiger partial charge in [-0.25, -0.2) is 4.98 Å². The number of carbonyl (C=O) groups excluding carboxylic acids is 1. The van der Waals surface area contributed by atoms with Gasteiger partial charge in [-0.1, -0.05) is 6.08 Å². The summed E-state index contributed by atoms with van der Waals surface area (Å²) in [7, 11) is 3.67. The number of aromatic nitrogens is 3. The molecular weight excluding hydrogens is 256 g/mol. The van der Waals surface area contributed by atoms with E-state index in [1.165, 1.54) is 13.0 Å². The molecule has 8 heteroatoms. The van der Waals surface area contributed by atoms with E-state index in [-0.39, 0.29) is 0 Å². The third kappa shape index (κ3) is 5.12. The average molecular weight is 273 g/mol. The molecule has 1 rings (SSSR count). The quantitative estimate of drug-likeness (QED) is 0.738. The zero-order chi connectivity index (χ0) is 14.5. The van der Waals surface area contributed by atoms with Crippen LogP contribution in [0.25, 0.3) is 0 Å². The molecule has 0 atom stereocenters. The van der Waals surface area contributed by atoms with Gasteiger partial charge in [0.15, 0.2) is 0 Å². The number of hydrogen-bond acceptors (Lipinski definition) is 4. The van der Waals surface area contributed by atoms with Crippen molar-refractivity contribution in [2.24, 2.45) is 0 Å². The van der Waals surface area contributed by atoms with E-state index in [1.807, 2.05) is 19.0 Å². The van der Waals surface area contributed by atoms with Crippen LogP contribution in [0.15, 0.2) is 12.2 Å². The molecule has 0 aliphatic rings. The Labute approximate surface area is 109 Å². The highest BCUT2D eigenvalue weighted by Gasteiger charge is 2.36. The predicted octanol–water partition coefficient (Wildman–Crippen LogP) is 0.439. The largest absolute Gasteiger partial charge is 0.346 e. The van der Waals surface area contributed by atoms with E-state index in [9.17, 15) is 13.6 Å². The molecule has 0 radical (unpaired) electrons. The lowest BCUT2D eigenvalue weighted by molar-refractivity contribution is -0.118. The van der Waals surface area contributed by atoms with Crippen LogP contribution < -0.4 is 5.32 Å². The van der Waals surface area contributed by atoms with Gasteiger partial charge in [0.05, 0.1) is 6.54 Å². The number of likely N-dealkylation sites (N-methyl/N-ethyl adjacent to an activating group) is 1. The van der Waals surface area contributed by atoms with E-state index in [2.05, 4.69) is 20.5 Å². The molecule has 0 saturated carbocycles. The fraction of sp³-hybridized carbons (Fsp3) is 0.545. The van der Waals surface area contributed by atoms with E-state index >= 15 is 0 Å². The smallest absolute Gasteiger partial charge is 0.325 e. The lowest BCUT2D eigenvalue weighted by Gasteiger charge is -2.12. The molecule has 106 valence electrons. The zero-order valence-corrected chi connectivity index (χ0v) is 11.1. The fourth-order valence-corrected chi connectivity index (χ4v) is 1.21. The van der Waals surface area contributed by atoms with Gasteiger partial charge >= 0.3 is 5.92 Å². The molecule has 2 N–H and O–H groups in total. The minimum atomic E-state index is -3.30. The maximum Gasteiger partial charge on any atom is 0.325 e. The predicted molar refractivity (Wildman–Crippen MR) is 65.7 cm³/mol. The number of alkyl halides is 2. The Morgan fingerprint density at radius 3 is 2.74 bits per heavy atom. The molecule has 0 bridgehead atoms. The van der Waals surface area contributed by atoms with Crippen LogP contribution in [-0.2, 0) is 10.7 Å². The lowest BCUT2D eigenvalue weighted by Crippen LogP contribution is -2.35. The van der Waals surface area contributed by atoms with E-state index in [4.69, 9.17) is 0 Å². The molecule has 0 saturated heterocycles. The first-order chi connectivity index (χ1) is 8.81. The Hall–Kier alpha value is -1.83. The molecule has 19 heavy (non-hydrogen) atoms. The molecular formula is C11H17F2N5O. The first-order valence-electron chi connectivity index (χ1n) is 5.67. The highest BCUT2D eigenvalue weighted by Crippen LogP contribution is 2.23. The number of aromatic amines is 1. The Morgan fingerprint density at radius 1 is 1.53 bits per heavy atom. The molecule has 0 fully saturated rings. The Morgan fingerprint density at radius 2 is 2.21 bits per heavy atom. The van der Waals surface area contributed by atoms with Gasteiger partial charge in [0.25, 0.3) is 0 Å². The first kappa shape index (κ1) is 15.2. The average Bonchev–Trinajstić information content (AvgIpc) is 2.74. The van der Waals surface area contributed by atoms with Crippen LogP contribution in [0.3, 0.4) is 0 Å². The molecule has 1 heterocycles. The second-order valence-electron chi connectivity index (χ2n) is 4.33. The van der Waals surface area contributed by atoms with Gasteiger partial charge in [0.1, 0.15) is 5.82 Å². The first-order valence-corrected chi connectivity index (χ1v) is 5.67. The highest BCUT2D eigenvalue weighted by atomic mass is 19.3. The van der Waals surface area contributed by atoms with Crippen molar-refractivity contribution in [2.45, 2.75) is 12.8 Å². The minimum absolute atomic E-state index is 0.298. The third-order valence-corrected chi connectivity index (χ3v) is 2.15. The standard InChI is InChI=1S/C11H17F2N5O/c1-8-15-10(17-16-8)11(12,13)7-14-9(19)5-4-6-18(2)3/h4-5H,6-7H2,1-3H3,(H,14,19)(H,15,16,17)/b5-4+. The summed E-state index contributed by atoms with van der Waals surface area (Å²) in [6.45, 7) is 1.24. The minimum Gasteiger partial charge on any atom is -0.346 e. The maximum atomic E-state index is 13.6. The summed E-state index contributed by atoms with van der Waals surface area (Å²) in [6, 6.07) is 0. The van der Waals surface area contributed by atoms with Crippen LogP contribution in [0, 0.1) is 6.92 Å². The monoisotopic (exact) mass is 273 g/mol. The lowest BCUT2D eigenvalue weighted by atomic mass is 10.3. The highest BCUT2D eigenvalue weighted by molar-refractivity contribution is 5.87. The topological polar surface area (TPSA) is 73.9 Å². The van der Waals surface area contributed by atoms with Crippen molar-refractivity contribution in [3.05, 3.63) is 23.8 Å². The van der Waals surface area contributed by atoms with E-state index in [0.29, 0.717) is 12.4 Å². The van der Waals surface area contributed by atoms with Gasteiger partial charge in [0, 0.05) is 12.6 Å². The molecule has 0 unspecified atom stereocenters. The number of nitrogens with one attached hydrogen (secondary N) is 2. The van der Waals surface area contributed by atoms with E-state index < -0.39 is 24.2 Å². The maximum absolute atomic E-state index is 13.6. The van der Waals surface area contributed by atoms with Crippen LogP contribution in [0.5, 0.6) is 0 Å². The molecule has 0 spiro atoms. The molecule has 1 amide bonds. The SMILES string of the molecule is Cc1nc(C(F)(F)CNC(=O)/C=C/CN(C)C)n[nH]1. The van der Waals surface area contributed by atoms with Crippen LogP contribution in [0.1, 0.15) is 11.6 Å². The molecule has 1 aromatic rings. The van der Waals surface area contributed by atoms with Crippen LogP contribution >= 0.6 is 0 Å². The van der Waals surface area contributed by atoms with E-state index in [1.54, 1.807) is 6.08 Å². The molecule has 0 aliphatic heterocycles. The zero-order valence-electron chi connectivity index (χ0n) is 11.1. The number of carbonyl (C=O) groups is 1. The van der Waals surface area contributed by atoms with Gasteiger partial charge in [-0.15, -0.1) is 0 Å². The number of nitrogens with zero attached hydrogens (tertiary/aromatic N) is 3. The van der Waals surface area contributed by atoms with Crippen molar-refractivity contribution in [1.29, 1.82) is 0 Å². The number of aryl methyl sites for hydroxylation is 1. The van der Waals surface area contributed by atoms with Crippen molar-refractivity contribution < 1.29 is 13.6 Å². The number of amides is 1. The Kier molecular flexibility index (Phi) is 5.11. The Bertz CT molecular complexity index is 456. The summed E-state index contributed by atoms with van der Waals surface area (Å²) in [5.41, 5.74) is 0. The summed E-state index contributed by atoms with van der Waals surface area (Å²) < 4.78 is 27.2. The Balaban J connectivity index is 2.47. The molecule has 0 aromatic carbocycles. The summed E-state index contributed by atoms with van der Waals surface area (Å²) >= 11 is 0. The van der Waals surface area contributed by atoms with Crippen molar-refractivity contribution >= 4 is 5.91 Å². The second kappa shape index (κ2) is 6.37. The van der Waals surface area contributed by atoms with Gasteiger partial charge < -0.3 is 10.2 Å². The number of rotatable bonds is 6. The number of hydrogen-bond donors (Lipinski definition) is 2. The van der Waals surface area contributed by atoms with Crippen LogP contribution in [0.2, 0.25) is 0 Å². The fourth-order valence-electron chi connectivity index (χ4n) is 1.21. The second-order valence-corrected chi connectivity index (χ2v) is 4.33. The van der Waals surface area contributed by atoms with Gasteiger partial charge in [-0.3, -0.25) is 9.89 Å². The van der Waals surface area contributed by atoms with Crippen molar-refractivity contribution in [2.75, 3.05) is 27.2 Å².